The van der Waals surface area contributed by atoms with Crippen LogP contribution in [-0.2, 0) is 29.0 Å². The smallest absolute Gasteiger partial charge is 0.271 e. The van der Waals surface area contributed by atoms with Crippen molar-refractivity contribution >= 4 is 39.8 Å². The number of ether oxygens (including phenoxy) is 1. The summed E-state index contributed by atoms with van der Waals surface area (Å²) in [6.45, 7) is 1.86. The number of benzene rings is 1. The van der Waals surface area contributed by atoms with Gasteiger partial charge in [-0.1, -0.05) is 24.3 Å². The van der Waals surface area contributed by atoms with Gasteiger partial charge in [0.25, 0.3) is 5.17 Å². The van der Waals surface area contributed by atoms with Crippen LogP contribution in [0.4, 0.5) is 5.13 Å². The molecule has 0 aliphatic heterocycles. The third-order valence-electron chi connectivity index (χ3n) is 3.02. The van der Waals surface area contributed by atoms with Crippen LogP contribution >= 0.6 is 23.6 Å². The molecule has 2 aromatic rings. The molecule has 0 saturated carbocycles. The lowest BCUT2D eigenvalue weighted by molar-refractivity contribution is -0.114. The quantitative estimate of drug-likeness (QED) is 0.420. The number of nitrogens with zero attached hydrogens (tertiary/aromatic N) is 1. The Bertz CT molecular complexity index is 670. The van der Waals surface area contributed by atoms with Crippen molar-refractivity contribution in [2.75, 3.05) is 5.32 Å². The molecule has 1 aromatic carbocycles. The number of aryl methyl sites for hydroxylation is 2. The van der Waals surface area contributed by atoms with Gasteiger partial charge in [0, 0.05) is 12.3 Å². The van der Waals surface area contributed by atoms with Crippen LogP contribution in [0, 0.1) is 0 Å². The highest BCUT2D eigenvalue weighted by molar-refractivity contribution is 7.80. The van der Waals surface area contributed by atoms with Gasteiger partial charge in [0.05, 0.1) is 5.69 Å². The van der Waals surface area contributed by atoms with Crippen LogP contribution in [0.15, 0.2) is 29.6 Å². The average molecular weight is 350 g/mol. The van der Waals surface area contributed by atoms with Crippen molar-refractivity contribution in [1.82, 2.24) is 10.4 Å². The number of aromatic nitrogens is 1. The van der Waals surface area contributed by atoms with Crippen LogP contribution in [0.25, 0.3) is 0 Å². The molecule has 1 aromatic heterocycles. The van der Waals surface area contributed by atoms with Crippen LogP contribution in [0.3, 0.4) is 0 Å². The molecule has 0 fully saturated rings. The summed E-state index contributed by atoms with van der Waals surface area (Å²) in [4.78, 5) is 15.3. The number of nitrogens with two attached hydrogens (primary N) is 1. The molecule has 0 spiro atoms. The van der Waals surface area contributed by atoms with Crippen molar-refractivity contribution < 1.29 is 9.53 Å². The number of anilines is 1. The fourth-order valence-corrected chi connectivity index (χ4v) is 2.74. The molecule has 122 valence electrons. The highest BCUT2D eigenvalue weighted by Gasteiger charge is 2.04. The molecule has 0 atom stereocenters. The van der Waals surface area contributed by atoms with E-state index in [4.69, 9.17) is 22.8 Å². The Morgan fingerprint density at radius 1 is 1.30 bits per heavy atom. The largest absolute Gasteiger partial charge is 0.465 e. The third-order valence-corrected chi connectivity index (χ3v) is 4.06. The summed E-state index contributed by atoms with van der Waals surface area (Å²) in [7, 11) is 0. The number of amides is 1. The van der Waals surface area contributed by atoms with E-state index >= 15 is 0 Å². The number of carbonyl (C=O) groups excluding carboxylic acids is 1. The van der Waals surface area contributed by atoms with Crippen molar-refractivity contribution in [2.24, 2.45) is 5.84 Å². The zero-order valence-electron chi connectivity index (χ0n) is 12.7. The zero-order valence-corrected chi connectivity index (χ0v) is 14.3. The van der Waals surface area contributed by atoms with Gasteiger partial charge in [-0.2, -0.15) is 0 Å². The van der Waals surface area contributed by atoms with Crippen molar-refractivity contribution in [2.45, 2.75) is 26.4 Å². The number of thiazole rings is 1. The Hall–Kier alpha value is -2.03. The number of thiocarbonyl (C=S) groups is 1. The minimum atomic E-state index is -0.104. The van der Waals surface area contributed by atoms with E-state index in [0.29, 0.717) is 11.7 Å². The molecule has 1 amide bonds. The molecule has 0 unspecified atom stereocenters. The van der Waals surface area contributed by atoms with Gasteiger partial charge >= 0.3 is 0 Å². The highest BCUT2D eigenvalue weighted by atomic mass is 32.1. The summed E-state index contributed by atoms with van der Waals surface area (Å²) in [5.41, 5.74) is 5.48. The van der Waals surface area contributed by atoms with Crippen molar-refractivity contribution in [3.63, 3.8) is 0 Å². The summed E-state index contributed by atoms with van der Waals surface area (Å²) in [5.74, 6) is 5.04. The van der Waals surface area contributed by atoms with Gasteiger partial charge in [0.2, 0.25) is 5.91 Å². The normalized spacial score (nSPS) is 10.2. The number of hydrogen-bond acceptors (Lipinski definition) is 6. The first-order chi connectivity index (χ1) is 11.1. The molecule has 0 aliphatic carbocycles. The summed E-state index contributed by atoms with van der Waals surface area (Å²) in [6.07, 6.45) is 1.71. The van der Waals surface area contributed by atoms with E-state index in [0.717, 1.165) is 24.1 Å². The van der Waals surface area contributed by atoms with E-state index in [1.165, 1.54) is 23.8 Å². The maximum Gasteiger partial charge on any atom is 0.271 e. The lowest BCUT2D eigenvalue weighted by Gasteiger charge is -2.07. The molecule has 6 nitrogen and oxygen atoms in total. The molecule has 0 saturated heterocycles. The van der Waals surface area contributed by atoms with Crippen LogP contribution in [0.1, 0.15) is 23.7 Å². The monoisotopic (exact) mass is 350 g/mol. The first-order valence-electron chi connectivity index (χ1n) is 7.00. The summed E-state index contributed by atoms with van der Waals surface area (Å²) in [5, 5.41) is 5.47. The molecular formula is C15H18N4O2S2. The van der Waals surface area contributed by atoms with E-state index in [9.17, 15) is 4.79 Å². The lowest BCUT2D eigenvalue weighted by Crippen LogP contribution is -2.30. The van der Waals surface area contributed by atoms with Gasteiger partial charge in [0.15, 0.2) is 5.13 Å². The summed E-state index contributed by atoms with van der Waals surface area (Å²) < 4.78 is 5.23. The van der Waals surface area contributed by atoms with Crippen molar-refractivity contribution in [3.8, 4) is 0 Å². The number of nitrogens with one attached hydrogen (secondary N) is 2. The van der Waals surface area contributed by atoms with E-state index in [-0.39, 0.29) is 11.1 Å². The topological polar surface area (TPSA) is 89.3 Å². The molecule has 0 bridgehead atoms. The molecule has 8 heteroatoms. The molecule has 4 N–H and O–H groups in total. The summed E-state index contributed by atoms with van der Waals surface area (Å²) in [6, 6.07) is 8.11. The Labute approximate surface area is 144 Å². The molecular weight excluding hydrogens is 332 g/mol. The highest BCUT2D eigenvalue weighted by Crippen LogP contribution is 2.17. The number of hydrazine groups is 1. The maximum absolute atomic E-state index is 11.0. The Kier molecular flexibility index (Phi) is 6.45. The summed E-state index contributed by atoms with van der Waals surface area (Å²) >= 11 is 6.25. The Morgan fingerprint density at radius 3 is 2.65 bits per heavy atom. The number of rotatable bonds is 6. The second-order valence-corrected chi connectivity index (χ2v) is 6.09. The van der Waals surface area contributed by atoms with Crippen molar-refractivity contribution in [3.05, 3.63) is 46.5 Å². The van der Waals surface area contributed by atoms with Gasteiger partial charge in [-0.25, -0.2) is 10.8 Å². The minimum Gasteiger partial charge on any atom is -0.465 e. The second-order valence-electron chi connectivity index (χ2n) is 4.86. The van der Waals surface area contributed by atoms with Crippen molar-refractivity contribution in [1.29, 1.82) is 0 Å². The zero-order chi connectivity index (χ0) is 16.7. The average Bonchev–Trinajstić information content (AvgIpc) is 2.98. The van der Waals surface area contributed by atoms with Gasteiger partial charge in [-0.05, 0) is 36.2 Å². The molecule has 0 aliphatic rings. The molecule has 1 heterocycles. The van der Waals surface area contributed by atoms with Gasteiger partial charge in [0.1, 0.15) is 6.61 Å². The molecule has 23 heavy (non-hydrogen) atoms. The van der Waals surface area contributed by atoms with Crippen LogP contribution < -0.4 is 16.6 Å². The van der Waals surface area contributed by atoms with Gasteiger partial charge < -0.3 is 10.1 Å². The first-order valence-corrected chi connectivity index (χ1v) is 8.29. The predicted octanol–water partition coefficient (Wildman–Crippen LogP) is 2.15. The number of carbonyl (C=O) groups is 1. The fourth-order valence-electron chi connectivity index (χ4n) is 1.89. The third kappa shape index (κ3) is 5.93. The minimum absolute atomic E-state index is 0.104. The van der Waals surface area contributed by atoms with E-state index in [1.54, 1.807) is 0 Å². The van der Waals surface area contributed by atoms with E-state index < -0.39 is 0 Å². The van der Waals surface area contributed by atoms with E-state index in [1.807, 2.05) is 17.5 Å². The van der Waals surface area contributed by atoms with Crippen LogP contribution in [-0.4, -0.2) is 16.1 Å². The van der Waals surface area contributed by atoms with E-state index in [2.05, 4.69) is 27.9 Å². The second kappa shape index (κ2) is 8.56. The molecule has 2 rings (SSSR count). The first kappa shape index (κ1) is 17.3. The van der Waals surface area contributed by atoms with Crippen LogP contribution in [0.2, 0.25) is 0 Å². The SMILES string of the molecule is CC(=O)Nc1nc(CCc2ccc(COC(=S)NN)cc2)cs1. The fraction of sp³-hybridized carbons (Fsp3) is 0.267. The predicted molar refractivity (Wildman–Crippen MR) is 95.0 cm³/mol. The van der Waals surface area contributed by atoms with Gasteiger partial charge in [-0.15, -0.1) is 11.3 Å². The standard InChI is InChI=1S/C15H18N4O2S2/c1-10(20)17-14-18-13(9-23-14)7-6-11-2-4-12(5-3-11)8-21-15(22)19-16/h2-5,9H,6-8,16H2,1H3,(H,19,22)(H,17,18,20). The van der Waals surface area contributed by atoms with Crippen LogP contribution in [0.5, 0.6) is 0 Å². The Morgan fingerprint density at radius 2 is 2.00 bits per heavy atom. The lowest BCUT2D eigenvalue weighted by atomic mass is 10.1. The Balaban J connectivity index is 1.82. The maximum atomic E-state index is 11.0. The molecule has 0 radical (unpaired) electrons. The number of hydrogen-bond donors (Lipinski definition) is 3. The van der Waals surface area contributed by atoms with Gasteiger partial charge in [-0.3, -0.25) is 10.2 Å².